The fraction of sp³-hybridized carbons (Fsp3) is 0.467. The molecule has 0 N–H and O–H groups in total. The van der Waals surface area contributed by atoms with Gasteiger partial charge in [-0.3, -0.25) is 4.79 Å². The third kappa shape index (κ3) is 2.62. The number of piperidine rings is 1. The molecular weight excluding hydrogens is 309 g/mol. The van der Waals surface area contributed by atoms with E-state index in [2.05, 4.69) is 9.55 Å². The summed E-state index contributed by atoms with van der Waals surface area (Å²) in [6, 6.07) is 5.85. The van der Waals surface area contributed by atoms with Gasteiger partial charge in [-0.15, -0.1) is 11.6 Å². The number of hydrogen-bond donors (Lipinski definition) is 0. The summed E-state index contributed by atoms with van der Waals surface area (Å²) in [7, 11) is 1.84. The highest BCUT2D eigenvalue weighted by Crippen LogP contribution is 2.33. The molecule has 2 heterocycles. The molecular formula is C15H17Cl2N3O. The highest BCUT2D eigenvalue weighted by atomic mass is 35.5. The lowest BCUT2D eigenvalue weighted by Gasteiger charge is -2.32. The van der Waals surface area contributed by atoms with Gasteiger partial charge >= 0.3 is 0 Å². The van der Waals surface area contributed by atoms with E-state index in [-0.39, 0.29) is 17.3 Å². The van der Waals surface area contributed by atoms with E-state index in [0.29, 0.717) is 18.0 Å². The molecule has 2 atom stereocenters. The van der Waals surface area contributed by atoms with Gasteiger partial charge in [0.15, 0.2) is 0 Å². The monoisotopic (exact) mass is 325 g/mol. The van der Waals surface area contributed by atoms with Gasteiger partial charge < -0.3 is 9.47 Å². The zero-order valence-corrected chi connectivity index (χ0v) is 13.5. The van der Waals surface area contributed by atoms with Gasteiger partial charge in [-0.25, -0.2) is 4.98 Å². The molecule has 2 aromatic rings. The summed E-state index contributed by atoms with van der Waals surface area (Å²) in [6.07, 6.45) is 1.36. The molecule has 1 aromatic carbocycles. The molecule has 0 radical (unpaired) electrons. The summed E-state index contributed by atoms with van der Waals surface area (Å²) in [6.45, 7) is 2.59. The van der Waals surface area contributed by atoms with Crippen molar-refractivity contribution in [2.45, 2.75) is 31.2 Å². The fourth-order valence-corrected chi connectivity index (χ4v) is 3.27. The van der Waals surface area contributed by atoms with Gasteiger partial charge in [0.05, 0.1) is 22.5 Å². The summed E-state index contributed by atoms with van der Waals surface area (Å²) < 4.78 is 2.15. The maximum absolute atomic E-state index is 11.7. The third-order valence-electron chi connectivity index (χ3n) is 4.00. The zero-order valence-electron chi connectivity index (χ0n) is 12.0. The fourth-order valence-electron chi connectivity index (χ4n) is 2.95. The smallest absolute Gasteiger partial charge is 0.222 e. The molecule has 112 valence electrons. The second-order valence-electron chi connectivity index (χ2n) is 5.56. The van der Waals surface area contributed by atoms with Crippen LogP contribution in [0.5, 0.6) is 0 Å². The Morgan fingerprint density at radius 1 is 1.43 bits per heavy atom. The first-order chi connectivity index (χ1) is 9.97. The van der Waals surface area contributed by atoms with Crippen LogP contribution in [0.1, 0.15) is 37.0 Å². The molecule has 1 aromatic heterocycles. The van der Waals surface area contributed by atoms with Crippen LogP contribution in [0.15, 0.2) is 18.2 Å². The number of carbonyl (C=O) groups is 1. The molecule has 4 nitrogen and oxygen atoms in total. The number of nitrogens with zero attached hydrogens (tertiary/aromatic N) is 3. The Kier molecular flexibility index (Phi) is 3.84. The van der Waals surface area contributed by atoms with Crippen molar-refractivity contribution in [2.75, 3.05) is 13.6 Å². The van der Waals surface area contributed by atoms with E-state index in [1.807, 2.05) is 32.2 Å². The van der Waals surface area contributed by atoms with Crippen LogP contribution in [0.4, 0.5) is 0 Å². The van der Waals surface area contributed by atoms with E-state index in [1.54, 1.807) is 4.90 Å². The summed E-state index contributed by atoms with van der Waals surface area (Å²) in [5, 5.41) is 0.483. The van der Waals surface area contributed by atoms with Crippen LogP contribution < -0.4 is 0 Å². The van der Waals surface area contributed by atoms with Crippen molar-refractivity contribution in [2.24, 2.45) is 0 Å². The van der Waals surface area contributed by atoms with Crippen molar-refractivity contribution in [3.63, 3.8) is 0 Å². The predicted molar refractivity (Wildman–Crippen MR) is 84.9 cm³/mol. The zero-order chi connectivity index (χ0) is 15.1. The second-order valence-corrected chi connectivity index (χ2v) is 6.65. The Labute approximate surface area is 133 Å². The van der Waals surface area contributed by atoms with E-state index in [4.69, 9.17) is 23.2 Å². The number of halogens is 2. The molecule has 21 heavy (non-hydrogen) atoms. The summed E-state index contributed by atoms with van der Waals surface area (Å²) in [5.74, 6) is 1.02. The number of likely N-dealkylation sites (tertiary alicyclic amines) is 1. The lowest BCUT2D eigenvalue weighted by molar-refractivity contribution is -0.132. The first-order valence-corrected chi connectivity index (χ1v) is 7.84. The average Bonchev–Trinajstić information content (AvgIpc) is 2.80. The van der Waals surface area contributed by atoms with Crippen LogP contribution in [0.3, 0.4) is 0 Å². The van der Waals surface area contributed by atoms with Crippen LogP contribution in [0, 0.1) is 0 Å². The molecule has 0 bridgehead atoms. The van der Waals surface area contributed by atoms with Crippen molar-refractivity contribution >= 4 is 40.1 Å². The molecule has 1 aliphatic rings. The molecule has 1 amide bonds. The number of rotatable bonds is 2. The average molecular weight is 326 g/mol. The highest BCUT2D eigenvalue weighted by Gasteiger charge is 2.28. The maximum atomic E-state index is 11.7. The molecule has 0 saturated carbocycles. The normalized spacial score (nSPS) is 21.0. The number of carbonyl (C=O) groups excluding carboxylic acids is 1. The van der Waals surface area contributed by atoms with Gasteiger partial charge in [-0.2, -0.15) is 0 Å². The lowest BCUT2D eigenvalue weighted by atomic mass is 10.0. The van der Waals surface area contributed by atoms with Crippen LogP contribution in [0.2, 0.25) is 5.02 Å². The van der Waals surface area contributed by atoms with Gasteiger partial charge in [0.2, 0.25) is 5.91 Å². The lowest BCUT2D eigenvalue weighted by Crippen LogP contribution is -2.38. The summed E-state index contributed by atoms with van der Waals surface area (Å²) in [4.78, 5) is 18.1. The maximum Gasteiger partial charge on any atom is 0.222 e. The first-order valence-electron chi connectivity index (χ1n) is 7.03. The summed E-state index contributed by atoms with van der Waals surface area (Å²) in [5.41, 5.74) is 1.87. The Morgan fingerprint density at radius 3 is 2.86 bits per heavy atom. The second kappa shape index (κ2) is 5.50. The number of fused-ring (bicyclic) bond motifs is 1. The number of imidazole rings is 1. The number of hydrogen-bond acceptors (Lipinski definition) is 2. The van der Waals surface area contributed by atoms with E-state index >= 15 is 0 Å². The standard InChI is InChI=1S/C15H17Cl2N3O/c1-9(16)15-18-12-5-3-10(17)7-13(12)20(15)11-4-6-14(21)19(2)8-11/h3,5,7,9,11H,4,6,8H2,1-2H3. The minimum atomic E-state index is -0.195. The SMILES string of the molecule is CC(Cl)c1nc2ccc(Cl)cc2n1C1CCC(=O)N(C)C1. The van der Waals surface area contributed by atoms with Crippen molar-refractivity contribution < 1.29 is 4.79 Å². The van der Waals surface area contributed by atoms with Crippen molar-refractivity contribution in [3.8, 4) is 0 Å². The molecule has 0 aliphatic carbocycles. The number of benzene rings is 1. The van der Waals surface area contributed by atoms with Gasteiger partial charge in [0, 0.05) is 25.0 Å². The van der Waals surface area contributed by atoms with Crippen molar-refractivity contribution in [3.05, 3.63) is 29.0 Å². The largest absolute Gasteiger partial charge is 0.344 e. The van der Waals surface area contributed by atoms with Crippen molar-refractivity contribution in [1.29, 1.82) is 0 Å². The Morgan fingerprint density at radius 2 is 2.19 bits per heavy atom. The molecule has 1 aliphatic heterocycles. The van der Waals surface area contributed by atoms with Gasteiger partial charge in [0.25, 0.3) is 0 Å². The van der Waals surface area contributed by atoms with E-state index in [9.17, 15) is 4.79 Å². The van der Waals surface area contributed by atoms with Crippen LogP contribution in [-0.2, 0) is 4.79 Å². The molecule has 0 spiro atoms. The predicted octanol–water partition coefficient (Wildman–Crippen LogP) is 3.78. The Bertz CT molecular complexity index is 696. The van der Waals surface area contributed by atoms with E-state index in [0.717, 1.165) is 23.3 Å². The number of amides is 1. The van der Waals surface area contributed by atoms with Crippen LogP contribution >= 0.6 is 23.2 Å². The Hall–Kier alpha value is -1.26. The number of alkyl halides is 1. The molecule has 3 rings (SSSR count). The van der Waals surface area contributed by atoms with Gasteiger partial charge in [0.1, 0.15) is 5.82 Å². The van der Waals surface area contributed by atoms with Crippen molar-refractivity contribution in [1.82, 2.24) is 14.5 Å². The molecule has 6 heteroatoms. The van der Waals surface area contributed by atoms with Crippen LogP contribution in [-0.4, -0.2) is 34.0 Å². The quantitative estimate of drug-likeness (QED) is 0.788. The molecule has 1 saturated heterocycles. The topological polar surface area (TPSA) is 38.1 Å². The minimum absolute atomic E-state index is 0.187. The van der Waals surface area contributed by atoms with Crippen LogP contribution in [0.25, 0.3) is 11.0 Å². The number of aromatic nitrogens is 2. The third-order valence-corrected chi connectivity index (χ3v) is 4.43. The number of likely N-dealkylation sites (N-methyl/N-ethyl adjacent to an activating group) is 1. The van der Waals surface area contributed by atoms with E-state index in [1.165, 1.54) is 0 Å². The van der Waals surface area contributed by atoms with Gasteiger partial charge in [-0.05, 0) is 31.5 Å². The van der Waals surface area contributed by atoms with E-state index < -0.39 is 0 Å². The summed E-state index contributed by atoms with van der Waals surface area (Å²) >= 11 is 12.4. The Balaban J connectivity index is 2.13. The highest BCUT2D eigenvalue weighted by molar-refractivity contribution is 6.31. The minimum Gasteiger partial charge on any atom is -0.344 e. The molecule has 2 unspecified atom stereocenters. The molecule has 1 fully saturated rings. The first kappa shape index (κ1) is 14.7. The van der Waals surface area contributed by atoms with Gasteiger partial charge in [-0.1, -0.05) is 11.6 Å².